The summed E-state index contributed by atoms with van der Waals surface area (Å²) in [5.41, 5.74) is 2.66. The molecule has 27 heavy (non-hydrogen) atoms. The summed E-state index contributed by atoms with van der Waals surface area (Å²) >= 11 is 0. The third-order valence-corrected chi connectivity index (χ3v) is 5.43. The minimum atomic E-state index is -1.20. The van der Waals surface area contributed by atoms with E-state index in [1.165, 1.54) is 0 Å². The zero-order valence-corrected chi connectivity index (χ0v) is 16.8. The van der Waals surface area contributed by atoms with Gasteiger partial charge in [0.15, 0.2) is 0 Å². The maximum absolute atomic E-state index is 12.8. The lowest BCUT2D eigenvalue weighted by Gasteiger charge is -2.42. The van der Waals surface area contributed by atoms with Crippen LogP contribution in [0.25, 0.3) is 0 Å². The molecule has 0 spiro atoms. The van der Waals surface area contributed by atoms with Gasteiger partial charge in [0.1, 0.15) is 11.4 Å². The van der Waals surface area contributed by atoms with Gasteiger partial charge in [0.05, 0.1) is 13.8 Å². The van der Waals surface area contributed by atoms with E-state index >= 15 is 0 Å². The van der Waals surface area contributed by atoms with Gasteiger partial charge in [-0.15, -0.1) is 0 Å². The predicted octanol–water partition coefficient (Wildman–Crippen LogP) is 4.40. The van der Waals surface area contributed by atoms with E-state index in [0.717, 1.165) is 28.8 Å². The Hall–Kier alpha value is -1.91. The number of aliphatic hydroxyl groups is 1. The molecule has 0 amide bonds. The van der Waals surface area contributed by atoms with Gasteiger partial charge in [-0.2, -0.15) is 0 Å². The van der Waals surface area contributed by atoms with Crippen LogP contribution in [0.15, 0.2) is 42.5 Å². The number of hydrogen-bond acceptors (Lipinski definition) is 3. The van der Waals surface area contributed by atoms with E-state index in [1.807, 2.05) is 30.3 Å². The van der Waals surface area contributed by atoms with E-state index < -0.39 is 5.60 Å². The van der Waals surface area contributed by atoms with Crippen LogP contribution in [0.2, 0.25) is 0 Å². The molecule has 4 heteroatoms. The van der Waals surface area contributed by atoms with E-state index in [2.05, 4.69) is 37.8 Å². The van der Waals surface area contributed by atoms with Gasteiger partial charge >= 0.3 is 0 Å². The first-order valence-electron chi connectivity index (χ1n) is 9.57. The molecule has 0 saturated heterocycles. The lowest BCUT2D eigenvalue weighted by molar-refractivity contribution is 0.0157. The average molecular weight is 371 g/mol. The summed E-state index contributed by atoms with van der Waals surface area (Å²) in [6.45, 7) is 7.89. The van der Waals surface area contributed by atoms with Crippen LogP contribution in [-0.4, -0.2) is 36.9 Å². The summed E-state index contributed by atoms with van der Waals surface area (Å²) in [5.74, 6) is 0.674. The van der Waals surface area contributed by atoms with Crippen LogP contribution in [-0.2, 0) is 17.6 Å². The molecule has 3 nitrogen and oxygen atoms in total. The second kappa shape index (κ2) is 7.61. The monoisotopic (exact) mass is 371 g/mol. The summed E-state index contributed by atoms with van der Waals surface area (Å²) in [4.78, 5) is 2.13. The number of β-amino-alcohol motifs (C(OH)–C–C–N with tert-alkyl or cyclic N) is 1. The van der Waals surface area contributed by atoms with Crippen molar-refractivity contribution in [2.24, 2.45) is 0 Å². The Morgan fingerprint density at radius 3 is 2.56 bits per heavy atom. The highest BCUT2D eigenvalue weighted by molar-refractivity contribution is 5.51. The Kier molecular flexibility index (Phi) is 5.59. The first kappa shape index (κ1) is 19.8. The highest BCUT2D eigenvalue weighted by atomic mass is 19.1. The van der Waals surface area contributed by atoms with Gasteiger partial charge in [-0.1, -0.05) is 51.1 Å². The molecule has 146 valence electrons. The fourth-order valence-corrected chi connectivity index (χ4v) is 3.94. The van der Waals surface area contributed by atoms with Crippen LogP contribution < -0.4 is 4.74 Å². The van der Waals surface area contributed by atoms with Crippen molar-refractivity contribution in [1.82, 2.24) is 4.90 Å². The molecule has 3 rings (SSSR count). The zero-order chi connectivity index (χ0) is 19.7. The van der Waals surface area contributed by atoms with Gasteiger partial charge < -0.3 is 9.84 Å². The molecule has 0 fully saturated rings. The molecule has 1 heterocycles. The molecule has 1 aliphatic heterocycles. The van der Waals surface area contributed by atoms with E-state index in [-0.39, 0.29) is 12.1 Å². The number of fused-ring (bicyclic) bond motifs is 1. The normalized spacial score (nSPS) is 20.4. The number of benzene rings is 2. The molecule has 0 aliphatic carbocycles. The van der Waals surface area contributed by atoms with Crippen LogP contribution >= 0.6 is 0 Å². The van der Waals surface area contributed by atoms with E-state index in [9.17, 15) is 9.50 Å². The second-order valence-corrected chi connectivity index (χ2v) is 8.44. The minimum Gasteiger partial charge on any atom is -0.496 e. The van der Waals surface area contributed by atoms with Gasteiger partial charge in [0, 0.05) is 25.2 Å². The molecule has 2 aromatic rings. The fourth-order valence-electron chi connectivity index (χ4n) is 3.94. The van der Waals surface area contributed by atoms with Crippen molar-refractivity contribution in [3.8, 4) is 5.75 Å². The van der Waals surface area contributed by atoms with Crippen molar-refractivity contribution in [2.45, 2.75) is 44.8 Å². The largest absolute Gasteiger partial charge is 0.496 e. The number of methoxy groups -OCH3 is 1. The molecular formula is C23H30FNO2. The molecule has 0 saturated carbocycles. The summed E-state index contributed by atoms with van der Waals surface area (Å²) in [6, 6.07) is 14.0. The van der Waals surface area contributed by atoms with Crippen molar-refractivity contribution < 1.29 is 14.2 Å². The SMILES string of the molecule is COc1ccc(C(C)(C)C)cc1C1(O)CN(CCCF)Cc2ccccc21. The van der Waals surface area contributed by atoms with Crippen molar-refractivity contribution in [1.29, 1.82) is 0 Å². The summed E-state index contributed by atoms with van der Waals surface area (Å²) in [7, 11) is 1.63. The number of nitrogens with zero attached hydrogens (tertiary/aromatic N) is 1. The fraction of sp³-hybridized carbons (Fsp3) is 0.478. The van der Waals surface area contributed by atoms with Crippen LogP contribution in [0, 0.1) is 0 Å². The number of ether oxygens (including phenoxy) is 1. The highest BCUT2D eigenvalue weighted by Gasteiger charge is 2.41. The Balaban J connectivity index is 2.15. The topological polar surface area (TPSA) is 32.7 Å². The quantitative estimate of drug-likeness (QED) is 0.845. The average Bonchev–Trinajstić information content (AvgIpc) is 2.65. The van der Waals surface area contributed by atoms with Gasteiger partial charge in [0.25, 0.3) is 0 Å². The Morgan fingerprint density at radius 2 is 1.89 bits per heavy atom. The lowest BCUT2D eigenvalue weighted by atomic mass is 9.77. The van der Waals surface area contributed by atoms with Gasteiger partial charge in [-0.25, -0.2) is 0 Å². The summed E-state index contributed by atoms with van der Waals surface area (Å²) in [5, 5.41) is 12.0. The smallest absolute Gasteiger partial charge is 0.131 e. The van der Waals surface area contributed by atoms with Crippen LogP contribution in [0.1, 0.15) is 49.4 Å². The maximum Gasteiger partial charge on any atom is 0.131 e. The number of hydrogen-bond donors (Lipinski definition) is 1. The molecule has 1 N–H and O–H groups in total. The lowest BCUT2D eigenvalue weighted by Crippen LogP contribution is -2.47. The highest BCUT2D eigenvalue weighted by Crippen LogP contribution is 2.42. The minimum absolute atomic E-state index is 0.0422. The first-order chi connectivity index (χ1) is 12.8. The summed E-state index contributed by atoms with van der Waals surface area (Å²) < 4.78 is 18.4. The van der Waals surface area contributed by atoms with E-state index in [1.54, 1.807) is 7.11 Å². The second-order valence-electron chi connectivity index (χ2n) is 8.44. The Bertz CT molecular complexity index is 799. The Morgan fingerprint density at radius 1 is 1.15 bits per heavy atom. The number of halogens is 1. The molecule has 1 aliphatic rings. The van der Waals surface area contributed by atoms with Gasteiger partial charge in [0.2, 0.25) is 0 Å². The number of rotatable bonds is 5. The third kappa shape index (κ3) is 3.87. The van der Waals surface area contributed by atoms with E-state index in [0.29, 0.717) is 25.3 Å². The molecule has 0 aromatic heterocycles. The molecule has 2 aromatic carbocycles. The molecule has 1 unspecified atom stereocenters. The van der Waals surface area contributed by atoms with Crippen LogP contribution in [0.3, 0.4) is 0 Å². The molecule has 0 radical (unpaired) electrons. The summed E-state index contributed by atoms with van der Waals surface area (Å²) in [6.07, 6.45) is 0.470. The molecule has 0 bridgehead atoms. The first-order valence-corrected chi connectivity index (χ1v) is 9.57. The standard InChI is InChI=1S/C23H30FNO2/c1-22(2,3)18-10-11-21(27-4)20(14-18)23(26)16-25(13-7-12-24)15-17-8-5-6-9-19(17)23/h5-6,8-11,14,26H,7,12-13,15-16H2,1-4H3. The van der Waals surface area contributed by atoms with Crippen molar-refractivity contribution in [2.75, 3.05) is 26.9 Å². The predicted molar refractivity (Wildman–Crippen MR) is 107 cm³/mol. The van der Waals surface area contributed by atoms with Gasteiger partial charge in [-0.05, 0) is 40.7 Å². The van der Waals surface area contributed by atoms with E-state index in [4.69, 9.17) is 4.74 Å². The van der Waals surface area contributed by atoms with Crippen LogP contribution in [0.4, 0.5) is 4.39 Å². The van der Waals surface area contributed by atoms with Crippen molar-refractivity contribution in [3.63, 3.8) is 0 Å². The molecule has 1 atom stereocenters. The number of alkyl halides is 1. The van der Waals surface area contributed by atoms with Crippen molar-refractivity contribution >= 4 is 0 Å². The maximum atomic E-state index is 12.8. The molecular weight excluding hydrogens is 341 g/mol. The Labute approximate surface area is 161 Å². The third-order valence-electron chi connectivity index (χ3n) is 5.43. The van der Waals surface area contributed by atoms with Crippen LogP contribution in [0.5, 0.6) is 5.75 Å². The van der Waals surface area contributed by atoms with Crippen molar-refractivity contribution in [3.05, 3.63) is 64.7 Å². The van der Waals surface area contributed by atoms with Gasteiger partial charge in [-0.3, -0.25) is 9.29 Å². The zero-order valence-electron chi connectivity index (χ0n) is 16.8.